The monoisotopic (exact) mass is 223 g/mol. The van der Waals surface area contributed by atoms with Gasteiger partial charge in [0.05, 0.1) is 0 Å². The lowest BCUT2D eigenvalue weighted by molar-refractivity contribution is -0.122. The van der Waals surface area contributed by atoms with Crippen LogP contribution in [0.5, 0.6) is 0 Å². The smallest absolute Gasteiger partial charge is 0.220 e. The first-order valence-corrected chi connectivity index (χ1v) is 6.08. The molecule has 1 amide bonds. The van der Waals surface area contributed by atoms with Crippen molar-refractivity contribution in [2.24, 2.45) is 11.7 Å². The first-order chi connectivity index (χ1) is 7.66. The van der Waals surface area contributed by atoms with Crippen molar-refractivity contribution in [1.82, 2.24) is 9.80 Å². The molecule has 1 saturated heterocycles. The van der Waals surface area contributed by atoms with Gasteiger partial charge in [0.2, 0.25) is 5.91 Å². The predicted octanol–water partition coefficient (Wildman–Crippen LogP) is 0.403. The van der Waals surface area contributed by atoms with E-state index in [0.717, 1.165) is 45.4 Å². The van der Waals surface area contributed by atoms with E-state index in [-0.39, 0.29) is 11.8 Å². The third kappa shape index (κ3) is 2.55. The molecule has 4 heteroatoms. The number of carbonyl (C=O) groups is 1. The van der Waals surface area contributed by atoms with E-state index in [0.29, 0.717) is 0 Å². The average Bonchev–Trinajstić information content (AvgIpc) is 2.30. The number of primary amides is 1. The van der Waals surface area contributed by atoms with Crippen LogP contribution >= 0.6 is 0 Å². The second kappa shape index (κ2) is 4.87. The average molecular weight is 223 g/mol. The summed E-state index contributed by atoms with van der Waals surface area (Å²) in [6.07, 6.45) is 4.98. The van der Waals surface area contributed by atoms with Gasteiger partial charge in [-0.25, -0.2) is 0 Å². The van der Waals surface area contributed by atoms with Crippen molar-refractivity contribution in [3.05, 3.63) is 11.8 Å². The van der Waals surface area contributed by atoms with Crippen LogP contribution in [-0.2, 0) is 4.79 Å². The molecular weight excluding hydrogens is 202 g/mol. The molecule has 1 heterocycles. The maximum atomic E-state index is 11.1. The van der Waals surface area contributed by atoms with Crippen molar-refractivity contribution >= 4 is 5.91 Å². The molecule has 0 aromatic rings. The molecule has 1 fully saturated rings. The molecule has 2 aliphatic rings. The molecule has 0 aromatic carbocycles. The molecule has 0 bridgehead atoms. The number of rotatable bonds is 2. The Balaban J connectivity index is 1.89. The van der Waals surface area contributed by atoms with Crippen LogP contribution in [0.2, 0.25) is 0 Å². The Hall–Kier alpha value is -1.03. The van der Waals surface area contributed by atoms with Crippen molar-refractivity contribution < 1.29 is 4.79 Å². The minimum Gasteiger partial charge on any atom is -0.373 e. The molecule has 16 heavy (non-hydrogen) atoms. The third-order valence-corrected chi connectivity index (χ3v) is 3.70. The van der Waals surface area contributed by atoms with Crippen LogP contribution in [0.25, 0.3) is 0 Å². The topological polar surface area (TPSA) is 49.6 Å². The molecular formula is C12H21N3O. The summed E-state index contributed by atoms with van der Waals surface area (Å²) >= 11 is 0. The highest BCUT2D eigenvalue weighted by atomic mass is 16.1. The lowest BCUT2D eigenvalue weighted by Gasteiger charge is -2.37. The van der Waals surface area contributed by atoms with E-state index >= 15 is 0 Å². The van der Waals surface area contributed by atoms with Gasteiger partial charge in [0.1, 0.15) is 0 Å². The van der Waals surface area contributed by atoms with Crippen molar-refractivity contribution in [1.29, 1.82) is 0 Å². The molecule has 2 N–H and O–H groups in total. The number of allylic oxidation sites excluding steroid dienone is 2. The van der Waals surface area contributed by atoms with Crippen LogP contribution in [0.1, 0.15) is 19.3 Å². The Labute approximate surface area is 97.1 Å². The molecule has 1 atom stereocenters. The summed E-state index contributed by atoms with van der Waals surface area (Å²) in [6.45, 7) is 4.50. The van der Waals surface area contributed by atoms with E-state index in [2.05, 4.69) is 22.9 Å². The first kappa shape index (κ1) is 11.5. The van der Waals surface area contributed by atoms with Crippen molar-refractivity contribution in [2.45, 2.75) is 19.3 Å². The summed E-state index contributed by atoms with van der Waals surface area (Å²) < 4.78 is 0. The highest BCUT2D eigenvalue weighted by Crippen LogP contribution is 2.26. The fraction of sp³-hybridized carbons (Fsp3) is 0.750. The Morgan fingerprint density at radius 1 is 1.38 bits per heavy atom. The number of piperazine rings is 1. The maximum Gasteiger partial charge on any atom is 0.220 e. The second-order valence-corrected chi connectivity index (χ2v) is 4.86. The Morgan fingerprint density at radius 2 is 2.06 bits per heavy atom. The highest BCUT2D eigenvalue weighted by Gasteiger charge is 2.23. The van der Waals surface area contributed by atoms with Crippen LogP contribution in [-0.4, -0.2) is 48.9 Å². The van der Waals surface area contributed by atoms with Crippen molar-refractivity contribution in [2.75, 3.05) is 33.2 Å². The van der Waals surface area contributed by atoms with E-state index in [1.807, 2.05) is 0 Å². The molecule has 0 saturated carbocycles. The van der Waals surface area contributed by atoms with E-state index in [1.165, 1.54) is 5.70 Å². The number of hydrogen-bond donors (Lipinski definition) is 1. The minimum absolute atomic E-state index is 0.0659. The molecule has 1 unspecified atom stereocenters. The van der Waals surface area contributed by atoms with Crippen LogP contribution in [0, 0.1) is 5.92 Å². The highest BCUT2D eigenvalue weighted by molar-refractivity contribution is 5.77. The Bertz CT molecular complexity index is 293. The molecule has 0 spiro atoms. The standard InChI is InChI=1S/C12H21N3O/c1-14-6-8-15(9-7-14)11-4-2-10(3-5-11)12(13)16/h4,10H,2-3,5-9H2,1H3,(H2,13,16). The maximum absolute atomic E-state index is 11.1. The predicted molar refractivity (Wildman–Crippen MR) is 63.7 cm³/mol. The van der Waals surface area contributed by atoms with Gasteiger partial charge in [-0.05, 0) is 26.3 Å². The number of likely N-dealkylation sites (N-methyl/N-ethyl adjacent to an activating group) is 1. The largest absolute Gasteiger partial charge is 0.373 e. The van der Waals surface area contributed by atoms with Crippen LogP contribution in [0.15, 0.2) is 11.8 Å². The van der Waals surface area contributed by atoms with E-state index in [4.69, 9.17) is 5.73 Å². The number of amides is 1. The Kier molecular flexibility index (Phi) is 3.49. The zero-order chi connectivity index (χ0) is 11.5. The fourth-order valence-corrected chi connectivity index (χ4v) is 2.46. The fourth-order valence-electron chi connectivity index (χ4n) is 2.46. The quantitative estimate of drug-likeness (QED) is 0.737. The number of hydrogen-bond acceptors (Lipinski definition) is 3. The van der Waals surface area contributed by atoms with Gasteiger partial charge in [0.25, 0.3) is 0 Å². The molecule has 1 aliphatic carbocycles. The summed E-state index contributed by atoms with van der Waals surface area (Å²) in [5.41, 5.74) is 6.74. The zero-order valence-corrected chi connectivity index (χ0v) is 9.98. The summed E-state index contributed by atoms with van der Waals surface area (Å²) in [5, 5.41) is 0. The van der Waals surface area contributed by atoms with Crippen LogP contribution in [0.4, 0.5) is 0 Å². The lowest BCUT2D eigenvalue weighted by Crippen LogP contribution is -2.44. The van der Waals surface area contributed by atoms with Gasteiger partial charge in [-0.1, -0.05) is 6.08 Å². The zero-order valence-electron chi connectivity index (χ0n) is 9.98. The van der Waals surface area contributed by atoms with Gasteiger partial charge in [-0.2, -0.15) is 0 Å². The molecule has 1 aliphatic heterocycles. The van der Waals surface area contributed by atoms with Crippen LogP contribution in [0.3, 0.4) is 0 Å². The van der Waals surface area contributed by atoms with Crippen molar-refractivity contribution in [3.63, 3.8) is 0 Å². The normalized spacial score (nSPS) is 27.7. The van der Waals surface area contributed by atoms with Gasteiger partial charge in [-0.3, -0.25) is 4.79 Å². The van der Waals surface area contributed by atoms with Gasteiger partial charge in [-0.15, -0.1) is 0 Å². The minimum atomic E-state index is -0.145. The van der Waals surface area contributed by atoms with E-state index < -0.39 is 0 Å². The summed E-state index contributed by atoms with van der Waals surface area (Å²) in [6, 6.07) is 0. The first-order valence-electron chi connectivity index (χ1n) is 6.08. The summed E-state index contributed by atoms with van der Waals surface area (Å²) in [7, 11) is 2.16. The summed E-state index contributed by atoms with van der Waals surface area (Å²) in [4.78, 5) is 15.9. The molecule has 90 valence electrons. The Morgan fingerprint density at radius 3 is 2.56 bits per heavy atom. The van der Waals surface area contributed by atoms with Gasteiger partial charge < -0.3 is 15.5 Å². The molecule has 0 aromatic heterocycles. The summed E-state index contributed by atoms with van der Waals surface area (Å²) in [5.74, 6) is -0.0788. The van der Waals surface area contributed by atoms with Crippen molar-refractivity contribution in [3.8, 4) is 0 Å². The number of carbonyl (C=O) groups excluding carboxylic acids is 1. The SMILES string of the molecule is CN1CCN(C2=CCC(C(N)=O)CC2)CC1. The van der Waals surface area contributed by atoms with Crippen LogP contribution < -0.4 is 5.73 Å². The molecule has 2 rings (SSSR count). The van der Waals surface area contributed by atoms with Gasteiger partial charge >= 0.3 is 0 Å². The van der Waals surface area contributed by atoms with E-state index in [1.54, 1.807) is 0 Å². The third-order valence-electron chi connectivity index (χ3n) is 3.70. The second-order valence-electron chi connectivity index (χ2n) is 4.86. The number of nitrogens with two attached hydrogens (primary N) is 1. The van der Waals surface area contributed by atoms with Gasteiger partial charge in [0.15, 0.2) is 0 Å². The molecule has 4 nitrogen and oxygen atoms in total. The van der Waals surface area contributed by atoms with Gasteiger partial charge in [0, 0.05) is 37.8 Å². The number of nitrogens with zero attached hydrogens (tertiary/aromatic N) is 2. The lowest BCUT2D eigenvalue weighted by atomic mass is 9.91. The molecule has 0 radical (unpaired) electrons. The van der Waals surface area contributed by atoms with E-state index in [9.17, 15) is 4.79 Å².